The van der Waals surface area contributed by atoms with Crippen molar-refractivity contribution in [1.29, 1.82) is 0 Å². The van der Waals surface area contributed by atoms with Crippen molar-refractivity contribution in [2.24, 2.45) is 28.6 Å². The SMILES string of the molecule is C[C@]12CCC(N3CCCCC3)C[C@H]1CC[C@H]1C3=CC[C@H](c4ccc(=O)oc4)[C@@]3(C)CC[C@@H]12. The van der Waals surface area contributed by atoms with Gasteiger partial charge in [-0.2, -0.15) is 0 Å². The molecule has 2 heterocycles. The van der Waals surface area contributed by atoms with Crippen molar-refractivity contribution < 1.29 is 4.42 Å². The van der Waals surface area contributed by atoms with Gasteiger partial charge in [0.05, 0.1) is 6.26 Å². The smallest absolute Gasteiger partial charge is 0.335 e. The predicted molar refractivity (Wildman–Crippen MR) is 129 cm³/mol. The monoisotopic (exact) mass is 435 g/mol. The van der Waals surface area contributed by atoms with E-state index in [1.807, 2.05) is 6.07 Å². The summed E-state index contributed by atoms with van der Waals surface area (Å²) >= 11 is 0. The van der Waals surface area contributed by atoms with E-state index in [1.54, 1.807) is 17.9 Å². The van der Waals surface area contributed by atoms with Gasteiger partial charge in [0.25, 0.3) is 0 Å². The average Bonchev–Trinajstić information content (AvgIpc) is 3.17. The van der Waals surface area contributed by atoms with Gasteiger partial charge < -0.3 is 9.32 Å². The van der Waals surface area contributed by atoms with Crippen LogP contribution in [0.2, 0.25) is 0 Å². The minimum atomic E-state index is -0.236. The molecule has 7 atom stereocenters. The summed E-state index contributed by atoms with van der Waals surface area (Å²) in [5.41, 5.74) is 3.53. The van der Waals surface area contributed by atoms with Crippen molar-refractivity contribution in [3.63, 3.8) is 0 Å². The standard InChI is InChI=1S/C29H41NO2/c1-28-14-12-22(30-16-4-3-5-17-30)18-21(28)7-8-23-25-10-9-24(20-6-11-27(31)32-19-20)29(25,2)15-13-26(23)28/h6,10-11,19,21-24,26H,3-5,7-9,12-18H2,1-2H3/t21-,22?,23+,24-,26+,28+,29-/m1/s1. The van der Waals surface area contributed by atoms with Gasteiger partial charge in [-0.3, -0.25) is 0 Å². The summed E-state index contributed by atoms with van der Waals surface area (Å²) in [6, 6.07) is 4.49. The third-order valence-electron chi connectivity index (χ3n) is 11.1. The first-order chi connectivity index (χ1) is 15.5. The molecule has 1 saturated heterocycles. The fraction of sp³-hybridized carbons (Fsp3) is 0.759. The fourth-order valence-corrected chi connectivity index (χ4v) is 9.25. The molecule has 3 nitrogen and oxygen atoms in total. The zero-order chi connectivity index (χ0) is 21.9. The molecule has 1 aromatic rings. The van der Waals surface area contributed by atoms with Gasteiger partial charge in [-0.1, -0.05) is 31.9 Å². The highest BCUT2D eigenvalue weighted by Crippen LogP contribution is 2.67. The van der Waals surface area contributed by atoms with E-state index in [1.165, 1.54) is 82.9 Å². The second-order valence-electron chi connectivity index (χ2n) is 12.3. The van der Waals surface area contributed by atoms with Crippen LogP contribution in [0.25, 0.3) is 0 Å². The molecule has 0 spiro atoms. The molecule has 3 heteroatoms. The van der Waals surface area contributed by atoms with Crippen LogP contribution in [0.3, 0.4) is 0 Å². The van der Waals surface area contributed by atoms with Gasteiger partial charge in [-0.05, 0) is 123 Å². The van der Waals surface area contributed by atoms with Crippen LogP contribution < -0.4 is 5.63 Å². The normalized spacial score (nSPS) is 44.3. The second-order valence-corrected chi connectivity index (χ2v) is 12.3. The number of fused-ring (bicyclic) bond motifs is 5. The van der Waals surface area contributed by atoms with Crippen molar-refractivity contribution in [3.8, 4) is 0 Å². The van der Waals surface area contributed by atoms with E-state index in [9.17, 15) is 4.79 Å². The highest BCUT2D eigenvalue weighted by Gasteiger charge is 2.58. The molecule has 1 aromatic heterocycles. The molecule has 4 aliphatic carbocycles. The molecular formula is C29H41NO2. The molecule has 0 radical (unpaired) electrons. The second kappa shape index (κ2) is 7.86. The highest BCUT2D eigenvalue weighted by molar-refractivity contribution is 5.36. The molecule has 6 rings (SSSR count). The lowest BCUT2D eigenvalue weighted by Gasteiger charge is -2.60. The minimum absolute atomic E-state index is 0.236. The van der Waals surface area contributed by atoms with Crippen molar-refractivity contribution in [2.45, 2.75) is 96.4 Å². The van der Waals surface area contributed by atoms with Crippen LogP contribution in [0.15, 0.2) is 39.3 Å². The number of hydrogen-bond acceptors (Lipinski definition) is 3. The molecule has 174 valence electrons. The number of nitrogens with zero attached hydrogens (tertiary/aromatic N) is 1. The van der Waals surface area contributed by atoms with E-state index < -0.39 is 0 Å². The molecule has 0 bridgehead atoms. The summed E-state index contributed by atoms with van der Waals surface area (Å²) in [6.07, 6.45) is 19.6. The molecule has 0 amide bonds. The number of allylic oxidation sites excluding steroid dienone is 2. The largest absolute Gasteiger partial charge is 0.431 e. The Labute approximate surface area is 193 Å². The molecule has 1 aliphatic heterocycles. The Morgan fingerprint density at radius 2 is 1.84 bits per heavy atom. The van der Waals surface area contributed by atoms with Gasteiger partial charge in [-0.15, -0.1) is 0 Å². The van der Waals surface area contributed by atoms with E-state index in [-0.39, 0.29) is 11.0 Å². The first-order valence-corrected chi connectivity index (χ1v) is 13.5. The maximum absolute atomic E-state index is 11.5. The van der Waals surface area contributed by atoms with Crippen LogP contribution in [-0.4, -0.2) is 24.0 Å². The minimum Gasteiger partial charge on any atom is -0.431 e. The van der Waals surface area contributed by atoms with Crippen LogP contribution in [0, 0.1) is 28.6 Å². The summed E-state index contributed by atoms with van der Waals surface area (Å²) in [5, 5.41) is 0. The van der Waals surface area contributed by atoms with Crippen molar-refractivity contribution in [1.82, 2.24) is 4.90 Å². The Balaban J connectivity index is 1.21. The Morgan fingerprint density at radius 3 is 2.62 bits per heavy atom. The predicted octanol–water partition coefficient (Wildman–Crippen LogP) is 6.54. The third-order valence-corrected chi connectivity index (χ3v) is 11.1. The molecular weight excluding hydrogens is 394 g/mol. The Kier molecular flexibility index (Phi) is 5.21. The van der Waals surface area contributed by atoms with Crippen LogP contribution in [-0.2, 0) is 0 Å². The maximum Gasteiger partial charge on any atom is 0.335 e. The lowest BCUT2D eigenvalue weighted by atomic mass is 9.45. The van der Waals surface area contributed by atoms with Gasteiger partial charge in [0.2, 0.25) is 0 Å². The molecule has 0 N–H and O–H groups in total. The van der Waals surface area contributed by atoms with E-state index in [0.717, 1.165) is 30.2 Å². The van der Waals surface area contributed by atoms with E-state index in [4.69, 9.17) is 4.42 Å². The Bertz CT molecular complexity index is 922. The summed E-state index contributed by atoms with van der Waals surface area (Å²) in [4.78, 5) is 14.4. The molecule has 4 fully saturated rings. The Morgan fingerprint density at radius 1 is 1.00 bits per heavy atom. The number of likely N-dealkylation sites (tertiary alicyclic amines) is 1. The summed E-state index contributed by atoms with van der Waals surface area (Å²) < 4.78 is 5.27. The summed E-state index contributed by atoms with van der Waals surface area (Å²) in [5.74, 6) is 3.05. The quantitative estimate of drug-likeness (QED) is 0.495. The first kappa shape index (κ1) is 21.2. The fourth-order valence-electron chi connectivity index (χ4n) is 9.25. The van der Waals surface area contributed by atoms with Crippen LogP contribution in [0.1, 0.15) is 96.0 Å². The molecule has 5 aliphatic rings. The molecule has 32 heavy (non-hydrogen) atoms. The first-order valence-electron chi connectivity index (χ1n) is 13.5. The number of hydrogen-bond donors (Lipinski definition) is 0. The van der Waals surface area contributed by atoms with Crippen molar-refractivity contribution >= 4 is 0 Å². The lowest BCUT2D eigenvalue weighted by Crippen LogP contribution is -2.54. The van der Waals surface area contributed by atoms with Gasteiger partial charge in [-0.25, -0.2) is 4.79 Å². The van der Waals surface area contributed by atoms with Gasteiger partial charge in [0.1, 0.15) is 0 Å². The van der Waals surface area contributed by atoms with Crippen LogP contribution >= 0.6 is 0 Å². The maximum atomic E-state index is 11.5. The van der Waals surface area contributed by atoms with E-state index in [0.29, 0.717) is 11.3 Å². The topological polar surface area (TPSA) is 33.5 Å². The van der Waals surface area contributed by atoms with Crippen molar-refractivity contribution in [3.05, 3.63) is 46.0 Å². The van der Waals surface area contributed by atoms with Crippen LogP contribution in [0.4, 0.5) is 0 Å². The number of rotatable bonds is 2. The summed E-state index contributed by atoms with van der Waals surface area (Å²) in [7, 11) is 0. The van der Waals surface area contributed by atoms with Crippen molar-refractivity contribution in [2.75, 3.05) is 13.1 Å². The zero-order valence-electron chi connectivity index (χ0n) is 20.2. The van der Waals surface area contributed by atoms with Gasteiger partial charge in [0.15, 0.2) is 0 Å². The molecule has 3 saturated carbocycles. The van der Waals surface area contributed by atoms with E-state index in [2.05, 4.69) is 24.8 Å². The zero-order valence-corrected chi connectivity index (χ0v) is 20.2. The van der Waals surface area contributed by atoms with Gasteiger partial charge in [0, 0.05) is 12.1 Å². The summed E-state index contributed by atoms with van der Waals surface area (Å²) in [6.45, 7) is 7.90. The highest BCUT2D eigenvalue weighted by atomic mass is 16.4. The number of piperidine rings is 1. The van der Waals surface area contributed by atoms with Crippen LogP contribution in [0.5, 0.6) is 0 Å². The lowest BCUT2D eigenvalue weighted by molar-refractivity contribution is -0.0744. The van der Waals surface area contributed by atoms with E-state index >= 15 is 0 Å². The molecule has 1 unspecified atom stereocenters. The third kappa shape index (κ3) is 3.21. The van der Waals surface area contributed by atoms with Gasteiger partial charge >= 0.3 is 5.63 Å². The Hall–Kier alpha value is -1.35. The molecule has 0 aromatic carbocycles. The average molecular weight is 436 g/mol.